The zero-order valence-corrected chi connectivity index (χ0v) is 15.3. The third-order valence-corrected chi connectivity index (χ3v) is 4.70. The van der Waals surface area contributed by atoms with E-state index in [2.05, 4.69) is 22.2 Å². The van der Waals surface area contributed by atoms with E-state index >= 15 is 0 Å². The summed E-state index contributed by atoms with van der Waals surface area (Å²) in [5.74, 6) is 0.442. The highest BCUT2D eigenvalue weighted by atomic mass is 35.5. The topological polar surface area (TPSA) is 58.1 Å². The first-order valence-electron chi connectivity index (χ1n) is 8.49. The van der Waals surface area contributed by atoms with Crippen LogP contribution >= 0.6 is 11.6 Å². The molecule has 0 spiro atoms. The average Bonchev–Trinajstić information content (AvgIpc) is 2.62. The van der Waals surface area contributed by atoms with Crippen LogP contribution in [0.3, 0.4) is 0 Å². The van der Waals surface area contributed by atoms with Gasteiger partial charge in [0, 0.05) is 13.1 Å². The average molecular weight is 399 g/mol. The van der Waals surface area contributed by atoms with Crippen LogP contribution in [-0.2, 0) is 6.18 Å². The third kappa shape index (κ3) is 4.68. The molecule has 3 rings (SSSR count). The van der Waals surface area contributed by atoms with Crippen LogP contribution in [0, 0.1) is 5.92 Å². The van der Waals surface area contributed by atoms with Gasteiger partial charge in [0.1, 0.15) is 11.5 Å². The minimum Gasteiger partial charge on any atom is -0.338 e. The number of carbonyl (C=O) groups excluding carboxylic acids is 1. The summed E-state index contributed by atoms with van der Waals surface area (Å²) in [4.78, 5) is 22.4. The predicted octanol–water partition coefficient (Wildman–Crippen LogP) is 4.76. The van der Waals surface area contributed by atoms with Crippen molar-refractivity contribution in [2.24, 2.45) is 5.92 Å². The summed E-state index contributed by atoms with van der Waals surface area (Å²) in [7, 11) is 0. The van der Waals surface area contributed by atoms with Gasteiger partial charge in [0.2, 0.25) is 0 Å². The van der Waals surface area contributed by atoms with Gasteiger partial charge in [-0.1, -0.05) is 18.5 Å². The Morgan fingerprint density at radius 1 is 1.30 bits per heavy atom. The van der Waals surface area contributed by atoms with Gasteiger partial charge >= 0.3 is 6.18 Å². The first kappa shape index (κ1) is 19.4. The van der Waals surface area contributed by atoms with Crippen molar-refractivity contribution in [3.8, 4) is 0 Å². The lowest BCUT2D eigenvalue weighted by atomic mass is 10.0. The Balaban J connectivity index is 1.74. The molecule has 1 aliphatic heterocycles. The summed E-state index contributed by atoms with van der Waals surface area (Å²) in [6.07, 6.45) is 0.182. The lowest BCUT2D eigenvalue weighted by molar-refractivity contribution is -0.137. The zero-order valence-electron chi connectivity index (χ0n) is 14.6. The van der Waals surface area contributed by atoms with Gasteiger partial charge in [-0.05, 0) is 37.0 Å². The maximum absolute atomic E-state index is 12.8. The minimum atomic E-state index is -4.48. The molecule has 1 aromatic heterocycles. The molecule has 9 heteroatoms. The van der Waals surface area contributed by atoms with Crippen molar-refractivity contribution in [1.29, 1.82) is 0 Å². The fraction of sp³-hybridized carbons (Fsp3) is 0.389. The molecular formula is C18H18ClF3N4O. The second kappa shape index (κ2) is 7.72. The second-order valence-corrected chi connectivity index (χ2v) is 7.01. The molecule has 5 nitrogen and oxygen atoms in total. The first-order chi connectivity index (χ1) is 12.7. The SMILES string of the molecule is CC1CCCN(C(=O)c2cnc(Nc3cc(C(F)(F)F)ccc3Cl)cn2)C1. The molecule has 2 aromatic rings. The van der Waals surface area contributed by atoms with Crippen LogP contribution in [-0.4, -0.2) is 33.9 Å². The minimum absolute atomic E-state index is 0.0599. The van der Waals surface area contributed by atoms with Crippen molar-refractivity contribution in [2.45, 2.75) is 25.9 Å². The van der Waals surface area contributed by atoms with Gasteiger partial charge in [-0.25, -0.2) is 9.97 Å². The Morgan fingerprint density at radius 3 is 2.70 bits per heavy atom. The van der Waals surface area contributed by atoms with Crippen molar-refractivity contribution < 1.29 is 18.0 Å². The lowest BCUT2D eigenvalue weighted by Crippen LogP contribution is -2.39. The van der Waals surface area contributed by atoms with Crippen molar-refractivity contribution in [3.63, 3.8) is 0 Å². The number of aromatic nitrogens is 2. The second-order valence-electron chi connectivity index (χ2n) is 6.60. The van der Waals surface area contributed by atoms with Crippen molar-refractivity contribution >= 4 is 29.0 Å². The smallest absolute Gasteiger partial charge is 0.338 e. The molecule has 1 aliphatic rings. The zero-order chi connectivity index (χ0) is 19.6. The quantitative estimate of drug-likeness (QED) is 0.809. The van der Waals surface area contributed by atoms with E-state index in [0.29, 0.717) is 19.0 Å². The summed E-state index contributed by atoms with van der Waals surface area (Å²) in [5, 5.41) is 2.82. The van der Waals surface area contributed by atoms with Crippen LogP contribution in [0.15, 0.2) is 30.6 Å². The van der Waals surface area contributed by atoms with E-state index in [0.717, 1.165) is 31.0 Å². The Bertz CT molecular complexity index is 826. The molecule has 1 saturated heterocycles. The largest absolute Gasteiger partial charge is 0.416 e. The molecule has 1 aromatic carbocycles. The summed E-state index contributed by atoms with van der Waals surface area (Å²) in [6, 6.07) is 2.97. The van der Waals surface area contributed by atoms with Crippen LogP contribution in [0.2, 0.25) is 5.02 Å². The summed E-state index contributed by atoms with van der Waals surface area (Å²) in [5.41, 5.74) is -0.567. The Labute approximate surface area is 159 Å². The molecule has 27 heavy (non-hydrogen) atoms. The lowest BCUT2D eigenvalue weighted by Gasteiger charge is -2.30. The van der Waals surface area contributed by atoms with Crippen LogP contribution in [0.5, 0.6) is 0 Å². The number of hydrogen-bond donors (Lipinski definition) is 1. The van der Waals surface area contributed by atoms with E-state index in [-0.39, 0.29) is 28.1 Å². The summed E-state index contributed by atoms with van der Waals surface area (Å²) < 4.78 is 38.5. The normalized spacial score (nSPS) is 17.7. The molecule has 0 saturated carbocycles. The van der Waals surface area contributed by atoms with Crippen LogP contribution in [0.4, 0.5) is 24.7 Å². The van der Waals surface area contributed by atoms with Crippen molar-refractivity contribution in [1.82, 2.24) is 14.9 Å². The number of piperidine rings is 1. The molecule has 0 radical (unpaired) electrons. The van der Waals surface area contributed by atoms with E-state index in [4.69, 9.17) is 11.6 Å². The fourth-order valence-electron chi connectivity index (χ4n) is 2.97. The molecule has 1 N–H and O–H groups in total. The number of halogens is 4. The van der Waals surface area contributed by atoms with E-state index in [1.54, 1.807) is 4.90 Å². The first-order valence-corrected chi connectivity index (χ1v) is 8.87. The Kier molecular flexibility index (Phi) is 5.55. The number of alkyl halides is 3. The predicted molar refractivity (Wildman–Crippen MR) is 96.1 cm³/mol. The van der Waals surface area contributed by atoms with Gasteiger partial charge < -0.3 is 10.2 Å². The van der Waals surface area contributed by atoms with E-state index in [9.17, 15) is 18.0 Å². The maximum Gasteiger partial charge on any atom is 0.416 e. The van der Waals surface area contributed by atoms with E-state index in [1.165, 1.54) is 12.4 Å². The van der Waals surface area contributed by atoms with Crippen LogP contribution < -0.4 is 5.32 Å². The molecule has 2 heterocycles. The number of nitrogens with one attached hydrogen (secondary N) is 1. The number of anilines is 2. The van der Waals surface area contributed by atoms with Gasteiger partial charge in [-0.3, -0.25) is 4.79 Å². The van der Waals surface area contributed by atoms with Gasteiger partial charge in [0.15, 0.2) is 0 Å². The van der Waals surface area contributed by atoms with Gasteiger partial charge in [-0.2, -0.15) is 13.2 Å². The van der Waals surface area contributed by atoms with E-state index < -0.39 is 11.7 Å². The standard InChI is InChI=1S/C18H18ClF3N4O/c1-11-3-2-6-26(10-11)17(27)15-8-24-16(9-23-15)25-14-7-12(18(20,21)22)4-5-13(14)19/h4-5,7-9,11H,2-3,6,10H2,1H3,(H,24,25). The van der Waals surface area contributed by atoms with Gasteiger partial charge in [0.25, 0.3) is 5.91 Å². The third-order valence-electron chi connectivity index (χ3n) is 4.37. The number of likely N-dealkylation sites (tertiary alicyclic amines) is 1. The summed E-state index contributed by atoms with van der Waals surface area (Å²) >= 11 is 5.95. The highest BCUT2D eigenvalue weighted by Gasteiger charge is 2.31. The van der Waals surface area contributed by atoms with Crippen LogP contribution in [0.1, 0.15) is 35.8 Å². The van der Waals surface area contributed by atoms with Crippen molar-refractivity contribution in [2.75, 3.05) is 18.4 Å². The molecule has 1 unspecified atom stereocenters. The fourth-order valence-corrected chi connectivity index (χ4v) is 3.14. The number of hydrogen-bond acceptors (Lipinski definition) is 4. The number of nitrogens with zero attached hydrogens (tertiary/aromatic N) is 3. The van der Waals surface area contributed by atoms with Crippen molar-refractivity contribution in [3.05, 3.63) is 46.9 Å². The molecule has 1 amide bonds. The molecule has 144 valence electrons. The number of benzene rings is 1. The number of carbonyl (C=O) groups is 1. The monoisotopic (exact) mass is 398 g/mol. The highest BCUT2D eigenvalue weighted by Crippen LogP contribution is 2.34. The molecule has 0 bridgehead atoms. The van der Waals surface area contributed by atoms with Crippen LogP contribution in [0.25, 0.3) is 0 Å². The number of amides is 1. The molecule has 1 fully saturated rings. The molecule has 1 atom stereocenters. The highest BCUT2D eigenvalue weighted by molar-refractivity contribution is 6.33. The maximum atomic E-state index is 12.8. The Hall–Kier alpha value is -2.35. The summed E-state index contributed by atoms with van der Waals surface area (Å²) in [6.45, 7) is 3.46. The van der Waals surface area contributed by atoms with Gasteiger partial charge in [-0.15, -0.1) is 0 Å². The Morgan fingerprint density at radius 2 is 2.07 bits per heavy atom. The molecule has 0 aliphatic carbocycles. The number of rotatable bonds is 3. The van der Waals surface area contributed by atoms with E-state index in [1.807, 2.05) is 0 Å². The van der Waals surface area contributed by atoms with Gasteiger partial charge in [0.05, 0.1) is 28.7 Å². The molecular weight excluding hydrogens is 381 g/mol.